The summed E-state index contributed by atoms with van der Waals surface area (Å²) in [4.78, 5) is 22.7. The van der Waals surface area contributed by atoms with Crippen LogP contribution in [0.5, 0.6) is 0 Å². The summed E-state index contributed by atoms with van der Waals surface area (Å²) in [6.45, 7) is 9.52. The third kappa shape index (κ3) is 6.56. The first-order chi connectivity index (χ1) is 8.02. The van der Waals surface area contributed by atoms with Gasteiger partial charge in [-0.15, -0.1) is 0 Å². The molecule has 0 atom stereocenters. The SMILES string of the molecule is C=C(/C=C(\C)C(=O)OCCCC)C(=O)OCC. The van der Waals surface area contributed by atoms with Crippen LogP contribution < -0.4 is 0 Å². The largest absolute Gasteiger partial charge is 0.462 e. The molecule has 0 saturated carbocycles. The minimum Gasteiger partial charge on any atom is -0.462 e. The number of unbranched alkanes of at least 4 members (excludes halogenated alkanes) is 1. The molecule has 4 nitrogen and oxygen atoms in total. The van der Waals surface area contributed by atoms with E-state index in [1.54, 1.807) is 13.8 Å². The van der Waals surface area contributed by atoms with Crippen molar-refractivity contribution in [2.24, 2.45) is 0 Å². The van der Waals surface area contributed by atoms with Crippen LogP contribution in [0.4, 0.5) is 0 Å². The number of ether oxygens (including phenoxy) is 2. The summed E-state index contributed by atoms with van der Waals surface area (Å²) in [5.41, 5.74) is 0.496. The smallest absolute Gasteiger partial charge is 0.337 e. The molecule has 17 heavy (non-hydrogen) atoms. The van der Waals surface area contributed by atoms with Crippen molar-refractivity contribution in [2.75, 3.05) is 13.2 Å². The van der Waals surface area contributed by atoms with E-state index in [0.717, 1.165) is 12.8 Å². The fourth-order valence-corrected chi connectivity index (χ4v) is 1.03. The molecule has 0 radical (unpaired) electrons. The van der Waals surface area contributed by atoms with Crippen LogP contribution >= 0.6 is 0 Å². The quantitative estimate of drug-likeness (QED) is 0.297. The van der Waals surface area contributed by atoms with Crippen molar-refractivity contribution in [1.82, 2.24) is 0 Å². The Bertz CT molecular complexity index is 315. The molecule has 0 amide bonds. The van der Waals surface area contributed by atoms with Gasteiger partial charge in [0.1, 0.15) is 0 Å². The van der Waals surface area contributed by atoms with Crippen molar-refractivity contribution in [3.63, 3.8) is 0 Å². The molecule has 0 unspecified atom stereocenters. The van der Waals surface area contributed by atoms with E-state index in [-0.39, 0.29) is 12.2 Å². The lowest BCUT2D eigenvalue weighted by atomic mass is 10.2. The minimum absolute atomic E-state index is 0.150. The first-order valence-electron chi connectivity index (χ1n) is 5.74. The maximum atomic E-state index is 11.5. The molecule has 96 valence electrons. The third-order valence-corrected chi connectivity index (χ3v) is 1.98. The molecule has 0 aromatic heterocycles. The van der Waals surface area contributed by atoms with Crippen molar-refractivity contribution in [1.29, 1.82) is 0 Å². The topological polar surface area (TPSA) is 52.6 Å². The van der Waals surface area contributed by atoms with Gasteiger partial charge in [0.2, 0.25) is 0 Å². The zero-order valence-corrected chi connectivity index (χ0v) is 10.7. The van der Waals surface area contributed by atoms with Gasteiger partial charge in [-0.05, 0) is 26.3 Å². The standard InChI is InChI=1S/C13H20O4/c1-5-7-8-17-13(15)11(4)9-10(3)12(14)16-6-2/h9H,3,5-8H2,1-2,4H3/b11-9+. The van der Waals surface area contributed by atoms with E-state index in [4.69, 9.17) is 9.47 Å². The highest BCUT2D eigenvalue weighted by atomic mass is 16.5. The second-order valence-corrected chi connectivity index (χ2v) is 3.56. The molecule has 4 heteroatoms. The summed E-state index contributed by atoms with van der Waals surface area (Å²) >= 11 is 0. The van der Waals surface area contributed by atoms with Crippen LogP contribution in [0.1, 0.15) is 33.6 Å². The van der Waals surface area contributed by atoms with E-state index >= 15 is 0 Å². The second-order valence-electron chi connectivity index (χ2n) is 3.56. The Hall–Kier alpha value is -1.58. The maximum absolute atomic E-state index is 11.5. The second kappa shape index (κ2) is 8.56. The molecule has 0 aromatic carbocycles. The van der Waals surface area contributed by atoms with Crippen molar-refractivity contribution in [3.05, 3.63) is 23.8 Å². The summed E-state index contributed by atoms with van der Waals surface area (Å²) in [5.74, 6) is -0.947. The molecule has 0 N–H and O–H groups in total. The van der Waals surface area contributed by atoms with Crippen molar-refractivity contribution >= 4 is 11.9 Å². The zero-order valence-electron chi connectivity index (χ0n) is 10.7. The van der Waals surface area contributed by atoms with Crippen LogP contribution in [0.15, 0.2) is 23.8 Å². The Kier molecular flexibility index (Phi) is 7.76. The number of carbonyl (C=O) groups excluding carboxylic acids is 2. The Morgan fingerprint density at radius 1 is 1.18 bits per heavy atom. The third-order valence-electron chi connectivity index (χ3n) is 1.98. The first kappa shape index (κ1) is 15.4. The Morgan fingerprint density at radius 3 is 2.35 bits per heavy atom. The molecular formula is C13H20O4. The average molecular weight is 240 g/mol. The normalized spacial score (nSPS) is 10.9. The lowest BCUT2D eigenvalue weighted by Crippen LogP contribution is -2.10. The molecular weight excluding hydrogens is 220 g/mol. The van der Waals surface area contributed by atoms with Gasteiger partial charge in [-0.25, -0.2) is 9.59 Å². The van der Waals surface area contributed by atoms with Crippen LogP contribution in [0, 0.1) is 0 Å². The summed E-state index contributed by atoms with van der Waals surface area (Å²) in [6, 6.07) is 0. The van der Waals surface area contributed by atoms with Gasteiger partial charge in [-0.1, -0.05) is 19.9 Å². The highest BCUT2D eigenvalue weighted by Gasteiger charge is 2.10. The van der Waals surface area contributed by atoms with Gasteiger partial charge in [-0.2, -0.15) is 0 Å². The van der Waals surface area contributed by atoms with Crippen LogP contribution in [-0.2, 0) is 19.1 Å². The molecule has 0 aliphatic heterocycles. The number of hydrogen-bond acceptors (Lipinski definition) is 4. The number of rotatable bonds is 7. The fraction of sp³-hybridized carbons (Fsp3) is 0.538. The molecule has 0 rings (SSSR count). The van der Waals surface area contributed by atoms with Gasteiger partial charge < -0.3 is 9.47 Å². The molecule has 0 aliphatic carbocycles. The predicted octanol–water partition coefficient (Wildman–Crippen LogP) is 2.40. The van der Waals surface area contributed by atoms with Gasteiger partial charge in [0.15, 0.2) is 0 Å². The molecule has 0 saturated heterocycles. The predicted molar refractivity (Wildman–Crippen MR) is 65.4 cm³/mol. The molecule has 0 fully saturated rings. The lowest BCUT2D eigenvalue weighted by Gasteiger charge is -2.05. The van der Waals surface area contributed by atoms with Gasteiger partial charge in [-0.3, -0.25) is 0 Å². The highest BCUT2D eigenvalue weighted by molar-refractivity contribution is 5.95. The number of hydrogen-bond donors (Lipinski definition) is 0. The van der Waals surface area contributed by atoms with Crippen molar-refractivity contribution < 1.29 is 19.1 Å². The summed E-state index contributed by atoms with van der Waals surface area (Å²) < 4.78 is 9.73. The van der Waals surface area contributed by atoms with Gasteiger partial charge in [0, 0.05) is 5.57 Å². The van der Waals surface area contributed by atoms with Gasteiger partial charge in [0.25, 0.3) is 0 Å². The van der Waals surface area contributed by atoms with E-state index in [2.05, 4.69) is 6.58 Å². The minimum atomic E-state index is -0.520. The number of carbonyl (C=O) groups is 2. The van der Waals surface area contributed by atoms with E-state index < -0.39 is 11.9 Å². The van der Waals surface area contributed by atoms with Gasteiger partial charge >= 0.3 is 11.9 Å². The number of esters is 2. The van der Waals surface area contributed by atoms with E-state index in [1.165, 1.54) is 6.08 Å². The molecule has 0 bridgehead atoms. The molecule has 0 aliphatic rings. The van der Waals surface area contributed by atoms with E-state index in [1.807, 2.05) is 6.92 Å². The van der Waals surface area contributed by atoms with Crippen molar-refractivity contribution in [2.45, 2.75) is 33.6 Å². The average Bonchev–Trinajstić information content (AvgIpc) is 2.29. The van der Waals surface area contributed by atoms with Gasteiger partial charge in [0.05, 0.1) is 18.8 Å². The zero-order chi connectivity index (χ0) is 13.3. The first-order valence-corrected chi connectivity index (χ1v) is 5.74. The fourth-order valence-electron chi connectivity index (χ4n) is 1.03. The maximum Gasteiger partial charge on any atom is 0.337 e. The molecule has 0 aromatic rings. The Labute approximate surface area is 102 Å². The molecule has 0 heterocycles. The highest BCUT2D eigenvalue weighted by Crippen LogP contribution is 2.05. The monoisotopic (exact) mass is 240 g/mol. The van der Waals surface area contributed by atoms with Crippen molar-refractivity contribution in [3.8, 4) is 0 Å². The van der Waals surface area contributed by atoms with Crippen LogP contribution in [-0.4, -0.2) is 25.2 Å². The van der Waals surface area contributed by atoms with E-state index in [9.17, 15) is 9.59 Å². The lowest BCUT2D eigenvalue weighted by molar-refractivity contribution is -0.139. The van der Waals surface area contributed by atoms with Crippen LogP contribution in [0.25, 0.3) is 0 Å². The molecule has 0 spiro atoms. The van der Waals surface area contributed by atoms with E-state index in [0.29, 0.717) is 12.2 Å². The Morgan fingerprint density at radius 2 is 1.82 bits per heavy atom. The summed E-state index contributed by atoms with van der Waals surface area (Å²) in [7, 11) is 0. The van der Waals surface area contributed by atoms with Crippen LogP contribution in [0.3, 0.4) is 0 Å². The van der Waals surface area contributed by atoms with Crippen LogP contribution in [0.2, 0.25) is 0 Å². The Balaban J connectivity index is 4.27. The summed E-state index contributed by atoms with van der Waals surface area (Å²) in [5, 5.41) is 0. The summed E-state index contributed by atoms with van der Waals surface area (Å²) in [6.07, 6.45) is 3.18.